The Bertz CT molecular complexity index is 512. The van der Waals surface area contributed by atoms with Gasteiger partial charge in [-0.1, -0.05) is 130 Å². The largest absolute Gasteiger partial charge is 0.493 e. The molecule has 0 aromatic heterocycles. The van der Waals surface area contributed by atoms with Gasteiger partial charge in [-0.2, -0.15) is 0 Å². The Kier molecular flexibility index (Phi) is 21.4. The summed E-state index contributed by atoms with van der Waals surface area (Å²) in [7, 11) is 0. The Morgan fingerprint density at radius 1 is 0.500 bits per heavy atom. The molecule has 0 N–H and O–H groups in total. The third kappa shape index (κ3) is 18.2. The minimum absolute atomic E-state index is 0.812. The molecule has 1 aromatic carbocycles. The third-order valence-electron chi connectivity index (χ3n) is 6.69. The number of hydrogen-bond donors (Lipinski definition) is 0. The summed E-state index contributed by atoms with van der Waals surface area (Å²) in [4.78, 5) is 0. The summed E-state index contributed by atoms with van der Waals surface area (Å²) in [6.45, 7) is 10.2. The first-order valence-electron chi connectivity index (χ1n) is 15.0. The molecule has 2 nitrogen and oxygen atoms in total. The summed E-state index contributed by atoms with van der Waals surface area (Å²) in [5, 5.41) is 0. The van der Waals surface area contributed by atoms with Crippen molar-refractivity contribution in [2.75, 3.05) is 13.2 Å². The lowest BCUT2D eigenvalue weighted by molar-refractivity contribution is 0.289. The van der Waals surface area contributed by atoms with E-state index in [0.29, 0.717) is 0 Å². The van der Waals surface area contributed by atoms with Crippen LogP contribution < -0.4 is 9.47 Å². The highest BCUT2D eigenvalue weighted by Crippen LogP contribution is 2.25. The Labute approximate surface area is 213 Å². The van der Waals surface area contributed by atoms with Gasteiger partial charge in [0.2, 0.25) is 0 Å². The summed E-state index contributed by atoms with van der Waals surface area (Å²) < 4.78 is 12.3. The molecule has 0 atom stereocenters. The van der Waals surface area contributed by atoms with Crippen LogP contribution in [0.3, 0.4) is 0 Å². The van der Waals surface area contributed by atoms with Crippen LogP contribution in [0.1, 0.15) is 148 Å². The number of unbranched alkanes of at least 4 members (excludes halogenated alkanes) is 17. The standard InChI is InChI=1S/C32H57O2/c1-4-7-10-12-14-16-18-20-22-25-33-31-27-30(24-9-6-3)28-32(29-31)34-26-23-21-19-17-15-13-11-8-5-2/h27-29H,3-26H2,1-2H3. The molecular formula is C32H57O2. The molecule has 0 saturated carbocycles. The molecule has 0 aliphatic rings. The maximum Gasteiger partial charge on any atom is 0.123 e. The van der Waals surface area contributed by atoms with E-state index in [1.807, 2.05) is 0 Å². The fourth-order valence-corrected chi connectivity index (χ4v) is 4.48. The van der Waals surface area contributed by atoms with Gasteiger partial charge in [0, 0.05) is 6.07 Å². The van der Waals surface area contributed by atoms with Crippen molar-refractivity contribution in [2.24, 2.45) is 0 Å². The van der Waals surface area contributed by atoms with Crippen LogP contribution in [0.4, 0.5) is 0 Å². The number of hydrogen-bond acceptors (Lipinski definition) is 2. The maximum absolute atomic E-state index is 6.13. The Hall–Kier alpha value is -1.18. The van der Waals surface area contributed by atoms with E-state index in [0.717, 1.165) is 56.8 Å². The van der Waals surface area contributed by atoms with Crippen molar-refractivity contribution in [2.45, 2.75) is 149 Å². The molecule has 2 heteroatoms. The Balaban J connectivity index is 2.24. The first-order chi connectivity index (χ1) is 16.8. The van der Waals surface area contributed by atoms with Gasteiger partial charge in [-0.05, 0) is 43.4 Å². The molecule has 0 amide bonds. The van der Waals surface area contributed by atoms with Crippen LogP contribution >= 0.6 is 0 Å². The fourth-order valence-electron chi connectivity index (χ4n) is 4.48. The summed E-state index contributed by atoms with van der Waals surface area (Å²) in [6, 6.07) is 6.50. The van der Waals surface area contributed by atoms with Gasteiger partial charge in [-0.15, -0.1) is 0 Å². The summed E-state index contributed by atoms with van der Waals surface area (Å²) in [5.74, 6) is 1.95. The zero-order chi connectivity index (χ0) is 24.5. The van der Waals surface area contributed by atoms with Crippen LogP contribution in [0.15, 0.2) is 18.2 Å². The summed E-state index contributed by atoms with van der Waals surface area (Å²) in [6.07, 6.45) is 27.3. The van der Waals surface area contributed by atoms with Crippen LogP contribution in [-0.4, -0.2) is 13.2 Å². The topological polar surface area (TPSA) is 18.5 Å². The molecule has 0 aliphatic carbocycles. The van der Waals surface area contributed by atoms with Crippen molar-refractivity contribution in [3.8, 4) is 11.5 Å². The molecule has 0 bridgehead atoms. The highest BCUT2D eigenvalue weighted by molar-refractivity contribution is 5.38. The molecule has 0 saturated heterocycles. The van der Waals surface area contributed by atoms with Crippen LogP contribution in [-0.2, 0) is 6.42 Å². The second kappa shape index (κ2) is 23.6. The fraction of sp³-hybridized carbons (Fsp3) is 0.781. The smallest absolute Gasteiger partial charge is 0.123 e. The van der Waals surface area contributed by atoms with Crippen LogP contribution in [0.25, 0.3) is 0 Å². The SMILES string of the molecule is [CH2]CCCc1cc(OCCCCCCCCCCC)cc(OCCCCCCCCCCC)c1. The van der Waals surface area contributed by atoms with Gasteiger partial charge < -0.3 is 9.47 Å². The van der Waals surface area contributed by atoms with E-state index >= 15 is 0 Å². The van der Waals surface area contributed by atoms with E-state index in [1.54, 1.807) is 0 Å². The molecular weight excluding hydrogens is 416 g/mol. The second-order valence-electron chi connectivity index (χ2n) is 10.1. The predicted molar refractivity (Wildman–Crippen MR) is 150 cm³/mol. The number of rotatable bonds is 25. The quantitative estimate of drug-likeness (QED) is 0.131. The van der Waals surface area contributed by atoms with Gasteiger partial charge in [0.25, 0.3) is 0 Å². The molecule has 1 rings (SSSR count). The van der Waals surface area contributed by atoms with E-state index in [9.17, 15) is 0 Å². The predicted octanol–water partition coefficient (Wildman–Crippen LogP) is 10.7. The van der Waals surface area contributed by atoms with Crippen molar-refractivity contribution >= 4 is 0 Å². The van der Waals surface area contributed by atoms with Gasteiger partial charge >= 0.3 is 0 Å². The lowest BCUT2D eigenvalue weighted by Gasteiger charge is -2.13. The molecule has 197 valence electrons. The van der Waals surface area contributed by atoms with Crippen molar-refractivity contribution in [3.63, 3.8) is 0 Å². The zero-order valence-corrected chi connectivity index (χ0v) is 23.0. The molecule has 0 fully saturated rings. The van der Waals surface area contributed by atoms with Gasteiger partial charge in [0.15, 0.2) is 0 Å². The average Bonchev–Trinajstić information content (AvgIpc) is 2.85. The summed E-state index contributed by atoms with van der Waals surface area (Å²) >= 11 is 0. The van der Waals surface area contributed by atoms with Gasteiger partial charge in [0.05, 0.1) is 13.2 Å². The number of aryl methyl sites for hydroxylation is 1. The molecule has 0 unspecified atom stereocenters. The summed E-state index contributed by atoms with van der Waals surface area (Å²) in [5.41, 5.74) is 1.32. The van der Waals surface area contributed by atoms with Gasteiger partial charge in [0.1, 0.15) is 11.5 Å². The van der Waals surface area contributed by atoms with E-state index in [-0.39, 0.29) is 0 Å². The number of ether oxygens (including phenoxy) is 2. The van der Waals surface area contributed by atoms with E-state index < -0.39 is 0 Å². The zero-order valence-electron chi connectivity index (χ0n) is 23.0. The number of benzene rings is 1. The molecule has 0 aliphatic heterocycles. The van der Waals surface area contributed by atoms with Crippen molar-refractivity contribution in [1.29, 1.82) is 0 Å². The normalized spacial score (nSPS) is 11.1. The lowest BCUT2D eigenvalue weighted by Crippen LogP contribution is -2.01. The molecule has 1 aromatic rings. The van der Waals surface area contributed by atoms with Crippen molar-refractivity contribution < 1.29 is 9.47 Å². The molecule has 34 heavy (non-hydrogen) atoms. The molecule has 1 radical (unpaired) electrons. The first-order valence-corrected chi connectivity index (χ1v) is 15.0. The average molecular weight is 474 g/mol. The highest BCUT2D eigenvalue weighted by atomic mass is 16.5. The monoisotopic (exact) mass is 473 g/mol. The van der Waals surface area contributed by atoms with Crippen LogP contribution in [0.2, 0.25) is 0 Å². The Morgan fingerprint density at radius 3 is 1.26 bits per heavy atom. The maximum atomic E-state index is 6.13. The highest BCUT2D eigenvalue weighted by Gasteiger charge is 2.04. The van der Waals surface area contributed by atoms with E-state index in [1.165, 1.54) is 108 Å². The second-order valence-corrected chi connectivity index (χ2v) is 10.1. The van der Waals surface area contributed by atoms with E-state index in [4.69, 9.17) is 9.47 Å². The first kappa shape index (κ1) is 30.9. The third-order valence-corrected chi connectivity index (χ3v) is 6.69. The minimum Gasteiger partial charge on any atom is -0.493 e. The Morgan fingerprint density at radius 2 is 0.882 bits per heavy atom. The van der Waals surface area contributed by atoms with Crippen LogP contribution in [0.5, 0.6) is 11.5 Å². The van der Waals surface area contributed by atoms with Gasteiger partial charge in [-0.3, -0.25) is 0 Å². The van der Waals surface area contributed by atoms with Gasteiger partial charge in [-0.25, -0.2) is 0 Å². The van der Waals surface area contributed by atoms with E-state index in [2.05, 4.69) is 39.0 Å². The van der Waals surface area contributed by atoms with Crippen molar-refractivity contribution in [1.82, 2.24) is 0 Å². The van der Waals surface area contributed by atoms with Crippen molar-refractivity contribution in [3.05, 3.63) is 30.7 Å². The molecule has 0 spiro atoms. The van der Waals surface area contributed by atoms with Crippen LogP contribution in [0, 0.1) is 6.92 Å². The minimum atomic E-state index is 0.812. The molecule has 0 heterocycles. The lowest BCUT2D eigenvalue weighted by atomic mass is 10.1.